The van der Waals surface area contributed by atoms with Crippen LogP contribution >= 0.6 is 0 Å². The second-order valence-corrected chi connectivity index (χ2v) is 5.79. The van der Waals surface area contributed by atoms with Crippen LogP contribution in [0.25, 0.3) is 24.3 Å². The third-order valence-corrected chi connectivity index (χ3v) is 3.82. The van der Waals surface area contributed by atoms with Gasteiger partial charge in [0.05, 0.1) is 22.6 Å². The number of nitrogen functional groups attached to an aromatic ring is 1. The SMILES string of the molecule is N#Cc1cc(/C=C/c2cccc(/C=C/c3ccc(F)c(N)c3)n2)ccc1F. The number of hydrogen-bond acceptors (Lipinski definition) is 3. The number of aromatic nitrogens is 1. The second-order valence-electron chi connectivity index (χ2n) is 5.79. The van der Waals surface area contributed by atoms with Crippen LogP contribution < -0.4 is 5.73 Å². The topological polar surface area (TPSA) is 62.7 Å². The summed E-state index contributed by atoms with van der Waals surface area (Å²) in [6.07, 6.45) is 7.14. The Morgan fingerprint density at radius 2 is 1.41 bits per heavy atom. The number of rotatable bonds is 4. The summed E-state index contributed by atoms with van der Waals surface area (Å²) in [5.74, 6) is -0.987. The first-order valence-corrected chi connectivity index (χ1v) is 8.13. The molecule has 0 aliphatic carbocycles. The van der Waals surface area contributed by atoms with E-state index in [1.165, 1.54) is 18.2 Å². The highest BCUT2D eigenvalue weighted by Gasteiger charge is 2.01. The van der Waals surface area contributed by atoms with Gasteiger partial charge < -0.3 is 5.73 Å². The van der Waals surface area contributed by atoms with Crippen molar-refractivity contribution in [3.8, 4) is 6.07 Å². The highest BCUT2D eigenvalue weighted by atomic mass is 19.1. The smallest absolute Gasteiger partial charge is 0.146 e. The monoisotopic (exact) mass is 359 g/mol. The van der Waals surface area contributed by atoms with Crippen molar-refractivity contribution in [2.45, 2.75) is 0 Å². The summed E-state index contributed by atoms with van der Waals surface area (Å²) in [6, 6.07) is 16.2. The standard InChI is InChI=1S/C22H15F2N3/c23-20-10-6-15(12-17(20)14-25)4-8-18-2-1-3-19(27-18)9-5-16-7-11-21(24)22(26)13-16/h1-13H,26H2/b8-4+,9-5+. The zero-order valence-electron chi connectivity index (χ0n) is 14.2. The zero-order chi connectivity index (χ0) is 19.2. The number of nitriles is 1. The van der Waals surface area contributed by atoms with Gasteiger partial charge in [-0.05, 0) is 59.7 Å². The summed E-state index contributed by atoms with van der Waals surface area (Å²) in [6.45, 7) is 0. The summed E-state index contributed by atoms with van der Waals surface area (Å²) in [7, 11) is 0. The minimum Gasteiger partial charge on any atom is -0.396 e. The van der Waals surface area contributed by atoms with Gasteiger partial charge >= 0.3 is 0 Å². The van der Waals surface area contributed by atoms with E-state index >= 15 is 0 Å². The molecule has 132 valence electrons. The fourth-order valence-corrected chi connectivity index (χ4v) is 2.42. The minimum atomic E-state index is -0.540. The summed E-state index contributed by atoms with van der Waals surface area (Å²) in [4.78, 5) is 4.48. The molecule has 2 aromatic carbocycles. The molecule has 3 nitrogen and oxygen atoms in total. The van der Waals surface area contributed by atoms with Gasteiger partial charge in [0.2, 0.25) is 0 Å². The van der Waals surface area contributed by atoms with E-state index in [1.807, 2.05) is 24.3 Å². The number of anilines is 1. The van der Waals surface area contributed by atoms with E-state index in [0.29, 0.717) is 11.3 Å². The molecule has 0 saturated carbocycles. The molecule has 2 N–H and O–H groups in total. The Balaban J connectivity index is 1.78. The van der Waals surface area contributed by atoms with Gasteiger partial charge in [0.15, 0.2) is 0 Å². The van der Waals surface area contributed by atoms with Gasteiger partial charge in [-0.25, -0.2) is 13.8 Å². The third-order valence-electron chi connectivity index (χ3n) is 3.82. The first-order valence-electron chi connectivity index (χ1n) is 8.13. The maximum atomic E-state index is 13.4. The molecule has 0 radical (unpaired) electrons. The Morgan fingerprint density at radius 3 is 2.00 bits per heavy atom. The molecule has 0 aliphatic heterocycles. The van der Waals surface area contributed by atoms with Crippen LogP contribution in [0.1, 0.15) is 28.1 Å². The molecule has 0 spiro atoms. The molecule has 0 fully saturated rings. The van der Waals surface area contributed by atoms with Crippen LogP contribution in [0.5, 0.6) is 0 Å². The van der Waals surface area contributed by atoms with Crippen molar-refractivity contribution in [1.29, 1.82) is 5.26 Å². The van der Waals surface area contributed by atoms with Crippen molar-refractivity contribution in [1.82, 2.24) is 4.98 Å². The molecule has 5 heteroatoms. The zero-order valence-corrected chi connectivity index (χ0v) is 14.2. The van der Waals surface area contributed by atoms with E-state index in [0.717, 1.165) is 11.3 Å². The first-order chi connectivity index (χ1) is 13.0. The molecule has 1 aromatic heterocycles. The van der Waals surface area contributed by atoms with Gasteiger partial charge in [0.1, 0.15) is 17.7 Å². The summed E-state index contributed by atoms with van der Waals surface area (Å²) in [5.41, 5.74) is 8.56. The van der Waals surface area contributed by atoms with Crippen molar-refractivity contribution < 1.29 is 8.78 Å². The van der Waals surface area contributed by atoms with Gasteiger partial charge in [0.25, 0.3) is 0 Å². The van der Waals surface area contributed by atoms with Crippen molar-refractivity contribution in [3.05, 3.63) is 94.3 Å². The Bertz CT molecular complexity index is 1080. The maximum absolute atomic E-state index is 13.4. The average Bonchev–Trinajstić information content (AvgIpc) is 2.68. The fourth-order valence-electron chi connectivity index (χ4n) is 2.42. The Hall–Kier alpha value is -3.78. The van der Waals surface area contributed by atoms with Crippen LogP contribution in [0.15, 0.2) is 54.6 Å². The number of hydrogen-bond donors (Lipinski definition) is 1. The van der Waals surface area contributed by atoms with Crippen LogP contribution in [0.4, 0.5) is 14.5 Å². The van der Waals surface area contributed by atoms with Crippen LogP contribution in [0.3, 0.4) is 0 Å². The van der Waals surface area contributed by atoms with Crippen LogP contribution in [-0.2, 0) is 0 Å². The van der Waals surface area contributed by atoms with E-state index in [4.69, 9.17) is 11.0 Å². The summed E-state index contributed by atoms with van der Waals surface area (Å²) >= 11 is 0. The molecule has 0 atom stereocenters. The molecule has 27 heavy (non-hydrogen) atoms. The number of pyridine rings is 1. The first kappa shape index (κ1) is 18.0. The molecule has 3 rings (SSSR count). The van der Waals surface area contributed by atoms with Gasteiger partial charge in [-0.3, -0.25) is 0 Å². The van der Waals surface area contributed by atoms with Crippen molar-refractivity contribution in [2.24, 2.45) is 0 Å². The largest absolute Gasteiger partial charge is 0.396 e. The third kappa shape index (κ3) is 4.65. The molecular formula is C22H15F2N3. The molecule has 3 aromatic rings. The number of nitrogens with zero attached hydrogens (tertiary/aromatic N) is 2. The van der Waals surface area contributed by atoms with Crippen LogP contribution in [0.2, 0.25) is 0 Å². The van der Waals surface area contributed by atoms with Crippen LogP contribution in [-0.4, -0.2) is 4.98 Å². The molecule has 1 heterocycles. The van der Waals surface area contributed by atoms with E-state index in [1.54, 1.807) is 42.5 Å². The van der Waals surface area contributed by atoms with Gasteiger partial charge in [-0.1, -0.05) is 30.4 Å². The number of halogens is 2. The minimum absolute atomic E-state index is 0.000337. The Kier molecular flexibility index (Phi) is 5.38. The Labute approximate surface area is 155 Å². The van der Waals surface area contributed by atoms with Gasteiger partial charge in [0, 0.05) is 0 Å². The quantitative estimate of drug-likeness (QED) is 0.655. The normalized spacial score (nSPS) is 11.1. The summed E-state index contributed by atoms with van der Waals surface area (Å²) < 4.78 is 26.6. The van der Waals surface area contributed by atoms with E-state index in [-0.39, 0.29) is 11.3 Å². The predicted octanol–water partition coefficient (Wildman–Crippen LogP) is 5.15. The van der Waals surface area contributed by atoms with Gasteiger partial charge in [-0.2, -0.15) is 5.26 Å². The molecule has 0 saturated heterocycles. The van der Waals surface area contributed by atoms with Gasteiger partial charge in [-0.15, -0.1) is 0 Å². The highest BCUT2D eigenvalue weighted by Crippen LogP contribution is 2.16. The van der Waals surface area contributed by atoms with Crippen molar-refractivity contribution in [3.63, 3.8) is 0 Å². The lowest BCUT2D eigenvalue weighted by atomic mass is 10.1. The fraction of sp³-hybridized carbons (Fsp3) is 0. The molecule has 0 aliphatic rings. The maximum Gasteiger partial charge on any atom is 0.146 e. The lowest BCUT2D eigenvalue weighted by molar-refractivity contribution is 0.624. The van der Waals surface area contributed by atoms with E-state index in [9.17, 15) is 8.78 Å². The summed E-state index contributed by atoms with van der Waals surface area (Å²) in [5, 5.41) is 8.89. The van der Waals surface area contributed by atoms with Crippen molar-refractivity contribution >= 4 is 30.0 Å². The molecule has 0 bridgehead atoms. The lowest BCUT2D eigenvalue weighted by Crippen LogP contribution is -1.90. The van der Waals surface area contributed by atoms with Crippen LogP contribution in [0, 0.1) is 23.0 Å². The molecule has 0 amide bonds. The van der Waals surface area contributed by atoms with E-state index in [2.05, 4.69) is 4.98 Å². The highest BCUT2D eigenvalue weighted by molar-refractivity contribution is 5.72. The van der Waals surface area contributed by atoms with Crippen molar-refractivity contribution in [2.75, 3.05) is 5.73 Å². The second kappa shape index (κ2) is 8.07. The number of benzene rings is 2. The predicted molar refractivity (Wildman–Crippen MR) is 104 cm³/mol. The van der Waals surface area contributed by atoms with E-state index < -0.39 is 11.6 Å². The molecular weight excluding hydrogens is 344 g/mol. The average molecular weight is 359 g/mol. The lowest BCUT2D eigenvalue weighted by Gasteiger charge is -2.00. The molecule has 0 unspecified atom stereocenters. The Morgan fingerprint density at radius 1 is 0.815 bits per heavy atom. The number of nitrogens with two attached hydrogens (primary N) is 1.